The number of nitrogens with zero attached hydrogens (tertiary/aromatic N) is 1. The maximum atomic E-state index is 12.6. The van der Waals surface area contributed by atoms with E-state index >= 15 is 0 Å². The van der Waals surface area contributed by atoms with Gasteiger partial charge in [0.25, 0.3) is 0 Å². The normalized spacial score (nSPS) is 12.0. The van der Waals surface area contributed by atoms with E-state index in [1.807, 2.05) is 32.9 Å². The number of esters is 1. The molecule has 0 aliphatic heterocycles. The summed E-state index contributed by atoms with van der Waals surface area (Å²) in [5.41, 5.74) is 0. The molecule has 0 atom stereocenters. The van der Waals surface area contributed by atoms with Crippen molar-refractivity contribution in [1.29, 1.82) is 0 Å². The Morgan fingerprint density at radius 2 is 1.50 bits per heavy atom. The number of carbonyl (C=O) groups is 1. The first kappa shape index (κ1) is 25.1. The van der Waals surface area contributed by atoms with Crippen molar-refractivity contribution in [3.63, 3.8) is 0 Å². The molecule has 0 aromatic heterocycles. The Morgan fingerprint density at radius 1 is 0.962 bits per heavy atom. The molecule has 0 saturated heterocycles. The van der Waals surface area contributed by atoms with Crippen molar-refractivity contribution < 1.29 is 27.6 Å². The van der Waals surface area contributed by atoms with Crippen LogP contribution in [-0.2, 0) is 23.1 Å². The average molecular weight is 390 g/mol. The monoisotopic (exact) mass is 390 g/mol. The van der Waals surface area contributed by atoms with Crippen LogP contribution in [0.5, 0.6) is 0 Å². The fourth-order valence-corrected chi connectivity index (χ4v) is 4.70. The average Bonchev–Trinajstić information content (AvgIpc) is 2.56. The zero-order valence-electron chi connectivity index (χ0n) is 16.8. The van der Waals surface area contributed by atoms with E-state index in [-0.39, 0.29) is 5.97 Å². The molecule has 0 fully saturated rings. The summed E-state index contributed by atoms with van der Waals surface area (Å²) >= 11 is 0. The standard InChI is InChI=1S/C19H37NO5P/c1-6-14-20(15-7-2,16-11-13-19(21)23-8-3)17-12-18-26(22,24-9-4)25-10-5/h6-7H,1-2,8-18H2,3-5H3/q+1. The van der Waals surface area contributed by atoms with Gasteiger partial charge < -0.3 is 18.3 Å². The fraction of sp³-hybridized carbons (Fsp3) is 0.737. The number of quaternary nitrogens is 1. The fourth-order valence-electron chi connectivity index (χ4n) is 3.05. The highest BCUT2D eigenvalue weighted by Gasteiger charge is 2.28. The number of rotatable bonds is 17. The van der Waals surface area contributed by atoms with E-state index in [1.165, 1.54) is 0 Å². The summed E-state index contributed by atoms with van der Waals surface area (Å²) < 4.78 is 29.1. The van der Waals surface area contributed by atoms with E-state index in [2.05, 4.69) is 13.2 Å². The molecule has 0 N–H and O–H groups in total. The first-order chi connectivity index (χ1) is 12.4. The minimum absolute atomic E-state index is 0.167. The maximum absolute atomic E-state index is 12.6. The highest BCUT2D eigenvalue weighted by atomic mass is 31.2. The van der Waals surface area contributed by atoms with Gasteiger partial charge in [0.2, 0.25) is 0 Å². The third kappa shape index (κ3) is 10.3. The third-order valence-electron chi connectivity index (χ3n) is 4.07. The molecule has 0 aromatic carbocycles. The summed E-state index contributed by atoms with van der Waals surface area (Å²) in [5.74, 6) is -0.167. The summed E-state index contributed by atoms with van der Waals surface area (Å²) in [6.07, 6.45) is 6.00. The second-order valence-corrected chi connectivity index (χ2v) is 8.35. The van der Waals surface area contributed by atoms with Crippen LogP contribution in [0, 0.1) is 0 Å². The van der Waals surface area contributed by atoms with Gasteiger partial charge in [-0.05, 0) is 32.9 Å². The highest BCUT2D eigenvalue weighted by molar-refractivity contribution is 7.53. The maximum Gasteiger partial charge on any atom is 0.330 e. The Morgan fingerprint density at radius 3 is 1.96 bits per heavy atom. The number of hydrogen-bond donors (Lipinski definition) is 0. The van der Waals surface area contributed by atoms with Gasteiger partial charge in [0.1, 0.15) is 0 Å². The SMILES string of the molecule is C=CC[N+](CC=C)(CCCC(=O)OCC)CCCP(=O)(OCC)OCC. The number of ether oxygens (including phenoxy) is 1. The number of hydrogen-bond acceptors (Lipinski definition) is 5. The molecule has 0 bridgehead atoms. The first-order valence-corrected chi connectivity index (χ1v) is 11.2. The molecule has 0 spiro atoms. The molecule has 0 amide bonds. The highest BCUT2D eigenvalue weighted by Crippen LogP contribution is 2.48. The second-order valence-electron chi connectivity index (χ2n) is 6.16. The van der Waals surface area contributed by atoms with Gasteiger partial charge in [0.15, 0.2) is 0 Å². The molecule has 152 valence electrons. The van der Waals surface area contributed by atoms with Crippen LogP contribution < -0.4 is 0 Å². The van der Waals surface area contributed by atoms with E-state index in [1.54, 1.807) is 0 Å². The zero-order chi connectivity index (χ0) is 19.9. The largest absolute Gasteiger partial charge is 0.466 e. The summed E-state index contributed by atoms with van der Waals surface area (Å²) in [6.45, 7) is 17.5. The van der Waals surface area contributed by atoms with Crippen molar-refractivity contribution in [2.75, 3.05) is 52.2 Å². The van der Waals surface area contributed by atoms with Crippen LogP contribution in [0.3, 0.4) is 0 Å². The third-order valence-corrected chi connectivity index (χ3v) is 6.23. The minimum atomic E-state index is -3.03. The lowest BCUT2D eigenvalue weighted by Gasteiger charge is -2.37. The molecular formula is C19H37NO5P+. The van der Waals surface area contributed by atoms with Gasteiger partial charge in [-0.15, -0.1) is 0 Å². The molecule has 6 nitrogen and oxygen atoms in total. The smallest absolute Gasteiger partial charge is 0.330 e. The van der Waals surface area contributed by atoms with E-state index in [9.17, 15) is 9.36 Å². The Hall–Kier alpha value is -0.940. The molecule has 0 aromatic rings. The van der Waals surface area contributed by atoms with Gasteiger partial charge in [-0.1, -0.05) is 13.2 Å². The summed E-state index contributed by atoms with van der Waals surface area (Å²) in [7, 11) is -3.03. The van der Waals surface area contributed by atoms with E-state index in [4.69, 9.17) is 13.8 Å². The lowest BCUT2D eigenvalue weighted by Crippen LogP contribution is -2.50. The van der Waals surface area contributed by atoms with Gasteiger partial charge in [-0.2, -0.15) is 0 Å². The van der Waals surface area contributed by atoms with Crippen LogP contribution in [0.15, 0.2) is 25.3 Å². The van der Waals surface area contributed by atoms with Crippen LogP contribution in [0.1, 0.15) is 40.0 Å². The summed E-state index contributed by atoms with van der Waals surface area (Å²) in [4.78, 5) is 11.6. The Bertz CT molecular complexity index is 447. The van der Waals surface area contributed by atoms with Crippen molar-refractivity contribution >= 4 is 13.6 Å². The molecule has 0 aliphatic carbocycles. The van der Waals surface area contributed by atoms with Gasteiger partial charge in [0, 0.05) is 12.8 Å². The minimum Gasteiger partial charge on any atom is -0.466 e. The summed E-state index contributed by atoms with van der Waals surface area (Å²) in [6, 6.07) is 0. The predicted molar refractivity (Wildman–Crippen MR) is 106 cm³/mol. The molecule has 26 heavy (non-hydrogen) atoms. The van der Waals surface area contributed by atoms with Crippen molar-refractivity contribution in [2.45, 2.75) is 40.0 Å². The Labute approximate surface area is 159 Å². The van der Waals surface area contributed by atoms with Gasteiger partial charge in [-0.25, -0.2) is 0 Å². The van der Waals surface area contributed by atoms with Crippen LogP contribution in [0.4, 0.5) is 0 Å². The molecule has 0 heterocycles. The van der Waals surface area contributed by atoms with Crippen LogP contribution in [0.2, 0.25) is 0 Å². The summed E-state index contributed by atoms with van der Waals surface area (Å²) in [5, 5.41) is 0. The molecule has 0 unspecified atom stereocenters. The van der Waals surface area contributed by atoms with Gasteiger partial charge in [-0.3, -0.25) is 9.36 Å². The Kier molecular flexibility index (Phi) is 13.6. The number of carbonyl (C=O) groups excluding carboxylic acids is 1. The van der Waals surface area contributed by atoms with E-state index in [0.29, 0.717) is 38.8 Å². The second kappa shape index (κ2) is 14.2. The van der Waals surface area contributed by atoms with Gasteiger partial charge >= 0.3 is 13.6 Å². The molecule has 0 radical (unpaired) electrons. The molecule has 0 saturated carbocycles. The quantitative estimate of drug-likeness (QED) is 0.161. The van der Waals surface area contributed by atoms with Crippen molar-refractivity contribution in [1.82, 2.24) is 0 Å². The molecule has 0 aliphatic rings. The van der Waals surface area contributed by atoms with Crippen LogP contribution in [-0.4, -0.2) is 62.6 Å². The predicted octanol–water partition coefficient (Wildman–Crippen LogP) is 4.17. The van der Waals surface area contributed by atoms with Crippen molar-refractivity contribution in [3.05, 3.63) is 25.3 Å². The first-order valence-electron chi connectivity index (χ1n) is 9.51. The molecular weight excluding hydrogens is 353 g/mol. The lowest BCUT2D eigenvalue weighted by molar-refractivity contribution is -0.917. The molecule has 0 rings (SSSR count). The van der Waals surface area contributed by atoms with E-state index < -0.39 is 7.60 Å². The van der Waals surface area contributed by atoms with Crippen LogP contribution >= 0.6 is 7.60 Å². The Balaban J connectivity index is 4.84. The molecule has 7 heteroatoms. The van der Waals surface area contributed by atoms with Gasteiger partial charge in [0.05, 0.1) is 58.6 Å². The van der Waals surface area contributed by atoms with E-state index in [0.717, 1.165) is 37.1 Å². The van der Waals surface area contributed by atoms with Crippen molar-refractivity contribution in [3.8, 4) is 0 Å². The van der Waals surface area contributed by atoms with Crippen molar-refractivity contribution in [2.24, 2.45) is 0 Å². The lowest BCUT2D eigenvalue weighted by atomic mass is 10.2. The topological polar surface area (TPSA) is 61.8 Å². The zero-order valence-corrected chi connectivity index (χ0v) is 17.7. The van der Waals surface area contributed by atoms with Crippen LogP contribution in [0.25, 0.3) is 0 Å².